The molecule has 0 aromatic heterocycles. The van der Waals surface area contributed by atoms with Gasteiger partial charge in [0.15, 0.2) is 0 Å². The molecule has 0 aliphatic heterocycles. The lowest BCUT2D eigenvalue weighted by Gasteiger charge is -2.31. The fourth-order valence-electron chi connectivity index (χ4n) is 2.44. The van der Waals surface area contributed by atoms with E-state index in [0.717, 1.165) is 12.8 Å². The van der Waals surface area contributed by atoms with Crippen LogP contribution in [0.25, 0.3) is 0 Å². The first-order chi connectivity index (χ1) is 7.04. The van der Waals surface area contributed by atoms with Crippen LogP contribution in [-0.4, -0.2) is 36.1 Å². The maximum Gasteiger partial charge on any atom is 0.227 e. The predicted octanol–water partition coefficient (Wildman–Crippen LogP) is 1.65. The molecule has 1 saturated carbocycles. The summed E-state index contributed by atoms with van der Waals surface area (Å²) in [6, 6.07) is 0. The van der Waals surface area contributed by atoms with Crippen LogP contribution >= 0.6 is 0 Å². The smallest absolute Gasteiger partial charge is 0.227 e. The van der Waals surface area contributed by atoms with E-state index in [9.17, 15) is 9.90 Å². The van der Waals surface area contributed by atoms with E-state index in [1.807, 2.05) is 6.92 Å². The molecule has 3 nitrogen and oxygen atoms in total. The van der Waals surface area contributed by atoms with Crippen molar-refractivity contribution in [2.75, 3.05) is 14.1 Å². The minimum absolute atomic E-state index is 0.0353. The van der Waals surface area contributed by atoms with Gasteiger partial charge in [0, 0.05) is 14.1 Å². The summed E-state index contributed by atoms with van der Waals surface area (Å²) in [7, 11) is 3.48. The normalized spacial score (nSPS) is 22.1. The molecule has 1 rings (SSSR count). The van der Waals surface area contributed by atoms with Crippen molar-refractivity contribution in [1.82, 2.24) is 4.90 Å². The Morgan fingerprint density at radius 1 is 1.27 bits per heavy atom. The fraction of sp³-hybridized carbons (Fsp3) is 0.917. The summed E-state index contributed by atoms with van der Waals surface area (Å²) in [6.45, 7) is 1.83. The highest BCUT2D eigenvalue weighted by Gasteiger charge is 2.30. The Balaban J connectivity index is 2.50. The lowest BCUT2D eigenvalue weighted by molar-refractivity contribution is -0.137. The highest BCUT2D eigenvalue weighted by atomic mass is 16.3. The second-order valence-corrected chi connectivity index (χ2v) is 4.91. The summed E-state index contributed by atoms with van der Waals surface area (Å²) in [6.07, 6.45) is 5.37. The molecule has 3 heteroatoms. The van der Waals surface area contributed by atoms with Crippen LogP contribution in [-0.2, 0) is 4.79 Å². The van der Waals surface area contributed by atoms with Gasteiger partial charge < -0.3 is 10.0 Å². The highest BCUT2D eigenvalue weighted by molar-refractivity contribution is 5.78. The van der Waals surface area contributed by atoms with Gasteiger partial charge in [0.05, 0.1) is 12.0 Å². The van der Waals surface area contributed by atoms with Crippen LogP contribution in [0.15, 0.2) is 0 Å². The standard InChI is InChI=1S/C12H23NO2/c1-9(12(15)13(2)3)11(14)10-7-5-4-6-8-10/h9-11,14H,4-8H2,1-3H3/t9-,11-/m1/s1. The Morgan fingerprint density at radius 2 is 1.80 bits per heavy atom. The van der Waals surface area contributed by atoms with E-state index in [4.69, 9.17) is 0 Å². The molecular weight excluding hydrogens is 190 g/mol. The topological polar surface area (TPSA) is 40.5 Å². The van der Waals surface area contributed by atoms with Gasteiger partial charge in [0.1, 0.15) is 0 Å². The van der Waals surface area contributed by atoms with E-state index in [1.165, 1.54) is 19.3 Å². The second kappa shape index (κ2) is 5.50. The van der Waals surface area contributed by atoms with Crippen molar-refractivity contribution in [3.05, 3.63) is 0 Å². The number of hydrogen-bond donors (Lipinski definition) is 1. The van der Waals surface area contributed by atoms with E-state index in [-0.39, 0.29) is 11.8 Å². The average molecular weight is 213 g/mol. The molecule has 0 bridgehead atoms. The quantitative estimate of drug-likeness (QED) is 0.774. The Bertz CT molecular complexity index is 210. The van der Waals surface area contributed by atoms with Crippen molar-refractivity contribution in [3.8, 4) is 0 Å². The summed E-state index contributed by atoms with van der Waals surface area (Å²) >= 11 is 0. The van der Waals surface area contributed by atoms with E-state index in [1.54, 1.807) is 19.0 Å². The highest BCUT2D eigenvalue weighted by Crippen LogP contribution is 2.29. The Morgan fingerprint density at radius 3 is 2.27 bits per heavy atom. The van der Waals surface area contributed by atoms with Crippen LogP contribution in [0.5, 0.6) is 0 Å². The molecule has 0 radical (unpaired) electrons. The van der Waals surface area contributed by atoms with Gasteiger partial charge in [-0.2, -0.15) is 0 Å². The van der Waals surface area contributed by atoms with Crippen LogP contribution in [0, 0.1) is 11.8 Å². The van der Waals surface area contributed by atoms with E-state index in [0.29, 0.717) is 5.92 Å². The van der Waals surface area contributed by atoms with Crippen molar-refractivity contribution in [1.29, 1.82) is 0 Å². The molecule has 1 fully saturated rings. The largest absolute Gasteiger partial charge is 0.392 e. The van der Waals surface area contributed by atoms with Gasteiger partial charge in [-0.25, -0.2) is 0 Å². The Kier molecular flexibility index (Phi) is 4.58. The van der Waals surface area contributed by atoms with Gasteiger partial charge in [-0.05, 0) is 18.8 Å². The zero-order valence-electron chi connectivity index (χ0n) is 10.1. The zero-order chi connectivity index (χ0) is 11.4. The summed E-state index contributed by atoms with van der Waals surface area (Å²) in [5, 5.41) is 10.1. The first-order valence-corrected chi connectivity index (χ1v) is 5.93. The molecule has 1 N–H and O–H groups in total. The second-order valence-electron chi connectivity index (χ2n) is 4.91. The fourth-order valence-corrected chi connectivity index (χ4v) is 2.44. The summed E-state index contributed by atoms with van der Waals surface area (Å²) in [4.78, 5) is 13.3. The molecule has 1 aliphatic carbocycles. The maximum atomic E-state index is 11.7. The van der Waals surface area contributed by atoms with Crippen LogP contribution in [0.3, 0.4) is 0 Å². The van der Waals surface area contributed by atoms with E-state index < -0.39 is 6.10 Å². The molecule has 15 heavy (non-hydrogen) atoms. The summed E-state index contributed by atoms with van der Waals surface area (Å²) in [5.41, 5.74) is 0. The molecule has 2 atom stereocenters. The molecular formula is C12H23NO2. The van der Waals surface area contributed by atoms with Gasteiger partial charge >= 0.3 is 0 Å². The first-order valence-electron chi connectivity index (χ1n) is 5.93. The van der Waals surface area contributed by atoms with Crippen LogP contribution in [0.2, 0.25) is 0 Å². The molecule has 0 unspecified atom stereocenters. The Hall–Kier alpha value is -0.570. The summed E-state index contributed by atoms with van der Waals surface area (Å²) in [5.74, 6) is 0.105. The first kappa shape index (κ1) is 12.5. The third-order valence-corrected chi connectivity index (χ3v) is 3.48. The maximum absolute atomic E-state index is 11.7. The number of nitrogens with zero attached hydrogens (tertiary/aromatic N) is 1. The SMILES string of the molecule is C[C@@H](C(=O)N(C)C)[C@@H](O)C1CCCCC1. The lowest BCUT2D eigenvalue weighted by atomic mass is 9.80. The number of rotatable bonds is 3. The van der Waals surface area contributed by atoms with Gasteiger partial charge in [0.2, 0.25) is 5.91 Å². The van der Waals surface area contributed by atoms with Crippen molar-refractivity contribution < 1.29 is 9.90 Å². The van der Waals surface area contributed by atoms with Crippen molar-refractivity contribution in [3.63, 3.8) is 0 Å². The molecule has 0 aromatic carbocycles. The number of carbonyl (C=O) groups is 1. The van der Waals surface area contributed by atoms with Gasteiger partial charge in [-0.3, -0.25) is 4.79 Å². The molecule has 88 valence electrons. The lowest BCUT2D eigenvalue weighted by Crippen LogP contribution is -2.39. The number of hydrogen-bond acceptors (Lipinski definition) is 2. The van der Waals surface area contributed by atoms with E-state index in [2.05, 4.69) is 0 Å². The molecule has 1 aliphatic rings. The van der Waals surface area contributed by atoms with Crippen LogP contribution in [0.1, 0.15) is 39.0 Å². The predicted molar refractivity (Wildman–Crippen MR) is 60.4 cm³/mol. The third kappa shape index (κ3) is 3.20. The Labute approximate surface area is 92.5 Å². The van der Waals surface area contributed by atoms with Gasteiger partial charge in [-0.15, -0.1) is 0 Å². The number of aliphatic hydroxyl groups is 1. The number of carbonyl (C=O) groups excluding carboxylic acids is 1. The number of amides is 1. The minimum Gasteiger partial charge on any atom is -0.392 e. The molecule has 0 saturated heterocycles. The van der Waals surface area contributed by atoms with Crippen molar-refractivity contribution in [2.24, 2.45) is 11.8 Å². The van der Waals surface area contributed by atoms with Gasteiger partial charge in [0.25, 0.3) is 0 Å². The third-order valence-electron chi connectivity index (χ3n) is 3.48. The minimum atomic E-state index is -0.458. The average Bonchev–Trinajstić information content (AvgIpc) is 2.27. The zero-order valence-corrected chi connectivity index (χ0v) is 10.1. The molecule has 0 aromatic rings. The van der Waals surface area contributed by atoms with Crippen LogP contribution < -0.4 is 0 Å². The molecule has 1 amide bonds. The summed E-state index contributed by atoms with van der Waals surface area (Å²) < 4.78 is 0. The molecule has 0 spiro atoms. The van der Waals surface area contributed by atoms with E-state index >= 15 is 0 Å². The van der Waals surface area contributed by atoms with Crippen LogP contribution in [0.4, 0.5) is 0 Å². The van der Waals surface area contributed by atoms with Gasteiger partial charge in [-0.1, -0.05) is 26.2 Å². The van der Waals surface area contributed by atoms with Crippen molar-refractivity contribution >= 4 is 5.91 Å². The molecule has 0 heterocycles. The number of aliphatic hydroxyl groups excluding tert-OH is 1. The van der Waals surface area contributed by atoms with Crippen molar-refractivity contribution in [2.45, 2.75) is 45.1 Å². The monoisotopic (exact) mass is 213 g/mol.